The highest BCUT2D eigenvalue weighted by atomic mass is 35.5. The molecule has 7 heteroatoms. The Morgan fingerprint density at radius 2 is 2.17 bits per heavy atom. The van der Waals surface area contributed by atoms with Gasteiger partial charge in [-0.2, -0.15) is 10.1 Å². The topological polar surface area (TPSA) is 64.9 Å². The largest absolute Gasteiger partial charge is 0.434 e. The second-order valence-electron chi connectivity index (χ2n) is 3.95. The van der Waals surface area contributed by atoms with Crippen molar-refractivity contribution in [1.82, 2.24) is 19.7 Å². The third-order valence-electron chi connectivity index (χ3n) is 2.26. The van der Waals surface area contributed by atoms with Crippen molar-refractivity contribution in [3.05, 3.63) is 23.6 Å². The van der Waals surface area contributed by atoms with Crippen LogP contribution in [-0.4, -0.2) is 26.8 Å². The van der Waals surface area contributed by atoms with Crippen molar-refractivity contribution in [2.24, 2.45) is 0 Å². The predicted octanol–water partition coefficient (Wildman–Crippen LogP) is 2.74. The average Bonchev–Trinajstić information content (AvgIpc) is 2.81. The van der Waals surface area contributed by atoms with E-state index >= 15 is 0 Å². The number of halogens is 1. The lowest BCUT2D eigenvalue weighted by molar-refractivity contribution is 0.459. The molecule has 0 saturated carbocycles. The van der Waals surface area contributed by atoms with Crippen LogP contribution in [0.3, 0.4) is 0 Å². The lowest BCUT2D eigenvalue weighted by Crippen LogP contribution is -2.00. The number of hydrogen-bond acceptors (Lipinski definition) is 5. The third-order valence-corrected chi connectivity index (χ3v) is 2.52. The fourth-order valence-corrected chi connectivity index (χ4v) is 1.44. The molecule has 0 aromatic carbocycles. The summed E-state index contributed by atoms with van der Waals surface area (Å²) in [5, 5.41) is 7.35. The number of nitrogens with one attached hydrogen (secondary N) is 1. The molecule has 0 aliphatic rings. The Morgan fingerprint density at radius 3 is 2.78 bits per heavy atom. The first-order valence-corrected chi connectivity index (χ1v) is 5.90. The first-order chi connectivity index (χ1) is 8.60. The zero-order valence-corrected chi connectivity index (χ0v) is 11.1. The lowest BCUT2D eigenvalue weighted by Gasteiger charge is -2.06. The lowest BCUT2D eigenvalue weighted by atomic mass is 10.4. The van der Waals surface area contributed by atoms with E-state index in [1.54, 1.807) is 24.1 Å². The quantitative estimate of drug-likeness (QED) is 0.923. The summed E-state index contributed by atoms with van der Waals surface area (Å²) < 4.78 is 7.37. The second kappa shape index (κ2) is 5.22. The fourth-order valence-electron chi connectivity index (χ4n) is 1.31. The SMILES string of the molecule is CNc1ncc(Cl)c(Oc2cnn(C(C)C)c2)n1. The van der Waals surface area contributed by atoms with Crippen LogP contribution in [0, 0.1) is 0 Å². The summed E-state index contributed by atoms with van der Waals surface area (Å²) in [7, 11) is 1.73. The van der Waals surface area contributed by atoms with E-state index in [9.17, 15) is 0 Å². The maximum atomic E-state index is 5.97. The maximum Gasteiger partial charge on any atom is 0.243 e. The Kier molecular flexibility index (Phi) is 3.66. The van der Waals surface area contributed by atoms with E-state index < -0.39 is 0 Å². The summed E-state index contributed by atoms with van der Waals surface area (Å²) in [6, 6.07) is 0.274. The monoisotopic (exact) mass is 267 g/mol. The summed E-state index contributed by atoms with van der Waals surface area (Å²) >= 11 is 5.97. The van der Waals surface area contributed by atoms with Gasteiger partial charge in [-0.25, -0.2) is 4.98 Å². The van der Waals surface area contributed by atoms with Gasteiger partial charge in [0.25, 0.3) is 0 Å². The standard InChI is InChI=1S/C11H14ClN5O/c1-7(2)17-6-8(4-15-17)18-10-9(12)5-14-11(13-3)16-10/h4-7H,1-3H3,(H,13,14,16). The molecule has 96 valence electrons. The first kappa shape index (κ1) is 12.6. The summed E-state index contributed by atoms with van der Waals surface area (Å²) in [5.74, 6) is 1.34. The highest BCUT2D eigenvalue weighted by molar-refractivity contribution is 6.31. The molecular weight excluding hydrogens is 254 g/mol. The van der Waals surface area contributed by atoms with Gasteiger partial charge in [-0.05, 0) is 13.8 Å². The molecule has 0 unspecified atom stereocenters. The van der Waals surface area contributed by atoms with Gasteiger partial charge in [0.1, 0.15) is 5.02 Å². The normalized spacial score (nSPS) is 10.7. The number of hydrogen-bond donors (Lipinski definition) is 1. The number of ether oxygens (including phenoxy) is 1. The minimum atomic E-state index is 0.274. The van der Waals surface area contributed by atoms with Gasteiger partial charge in [0.2, 0.25) is 11.8 Å². The van der Waals surface area contributed by atoms with E-state index in [1.807, 2.05) is 13.8 Å². The predicted molar refractivity (Wildman–Crippen MR) is 69.3 cm³/mol. The van der Waals surface area contributed by atoms with E-state index in [0.29, 0.717) is 22.6 Å². The van der Waals surface area contributed by atoms with Gasteiger partial charge in [0.05, 0.1) is 18.6 Å². The van der Waals surface area contributed by atoms with Gasteiger partial charge in [-0.3, -0.25) is 4.68 Å². The number of anilines is 1. The van der Waals surface area contributed by atoms with E-state index in [-0.39, 0.29) is 6.04 Å². The number of aromatic nitrogens is 4. The average molecular weight is 268 g/mol. The molecule has 1 N–H and O–H groups in total. The molecule has 6 nitrogen and oxygen atoms in total. The molecule has 0 atom stereocenters. The van der Waals surface area contributed by atoms with Gasteiger partial charge in [0, 0.05) is 13.1 Å². The Balaban J connectivity index is 2.22. The van der Waals surface area contributed by atoms with E-state index in [4.69, 9.17) is 16.3 Å². The van der Waals surface area contributed by atoms with Gasteiger partial charge >= 0.3 is 0 Å². The highest BCUT2D eigenvalue weighted by Gasteiger charge is 2.09. The minimum absolute atomic E-state index is 0.274. The van der Waals surface area contributed by atoms with Crippen LogP contribution < -0.4 is 10.1 Å². The number of rotatable bonds is 4. The van der Waals surface area contributed by atoms with Gasteiger partial charge in [0.15, 0.2) is 5.75 Å². The van der Waals surface area contributed by atoms with Crippen LogP contribution in [0.5, 0.6) is 11.6 Å². The molecule has 18 heavy (non-hydrogen) atoms. The zero-order chi connectivity index (χ0) is 13.1. The highest BCUT2D eigenvalue weighted by Crippen LogP contribution is 2.27. The molecule has 0 fully saturated rings. The zero-order valence-electron chi connectivity index (χ0n) is 10.4. The van der Waals surface area contributed by atoms with Gasteiger partial charge < -0.3 is 10.1 Å². The van der Waals surface area contributed by atoms with Crippen LogP contribution in [0.2, 0.25) is 5.02 Å². The second-order valence-corrected chi connectivity index (χ2v) is 4.36. The summed E-state index contributed by atoms with van der Waals surface area (Å²) in [4.78, 5) is 8.10. The molecule has 0 aliphatic heterocycles. The van der Waals surface area contributed by atoms with Crippen LogP contribution in [0.25, 0.3) is 0 Å². The van der Waals surface area contributed by atoms with Gasteiger partial charge in [-0.1, -0.05) is 11.6 Å². The number of nitrogens with zero attached hydrogens (tertiary/aromatic N) is 4. The molecule has 2 heterocycles. The molecular formula is C11H14ClN5O. The Morgan fingerprint density at radius 1 is 1.39 bits per heavy atom. The molecule has 2 aromatic rings. The smallest absolute Gasteiger partial charge is 0.243 e. The van der Waals surface area contributed by atoms with Gasteiger partial charge in [-0.15, -0.1) is 0 Å². The van der Waals surface area contributed by atoms with Crippen molar-refractivity contribution in [3.63, 3.8) is 0 Å². The van der Waals surface area contributed by atoms with Crippen molar-refractivity contribution in [2.75, 3.05) is 12.4 Å². The molecule has 2 rings (SSSR count). The fraction of sp³-hybridized carbons (Fsp3) is 0.364. The molecule has 0 saturated heterocycles. The van der Waals surface area contributed by atoms with Crippen molar-refractivity contribution < 1.29 is 4.74 Å². The van der Waals surface area contributed by atoms with E-state index in [0.717, 1.165) is 0 Å². The minimum Gasteiger partial charge on any atom is -0.434 e. The van der Waals surface area contributed by atoms with Crippen LogP contribution >= 0.6 is 11.6 Å². The molecule has 0 amide bonds. The van der Waals surface area contributed by atoms with Crippen LogP contribution in [0.4, 0.5) is 5.95 Å². The molecule has 0 bridgehead atoms. The summed E-state index contributed by atoms with van der Waals surface area (Å²) in [6.45, 7) is 4.07. The van der Waals surface area contributed by atoms with E-state index in [1.165, 1.54) is 6.20 Å². The summed E-state index contributed by atoms with van der Waals surface area (Å²) in [6.07, 6.45) is 4.90. The van der Waals surface area contributed by atoms with Crippen molar-refractivity contribution in [1.29, 1.82) is 0 Å². The molecule has 0 spiro atoms. The van der Waals surface area contributed by atoms with Crippen LogP contribution in [0.15, 0.2) is 18.6 Å². The Labute approximate surface area is 110 Å². The summed E-state index contributed by atoms with van der Waals surface area (Å²) in [5.41, 5.74) is 0. The van der Waals surface area contributed by atoms with E-state index in [2.05, 4.69) is 20.4 Å². The van der Waals surface area contributed by atoms with Crippen LogP contribution in [0.1, 0.15) is 19.9 Å². The first-order valence-electron chi connectivity index (χ1n) is 5.52. The van der Waals surface area contributed by atoms with Crippen molar-refractivity contribution in [2.45, 2.75) is 19.9 Å². The van der Waals surface area contributed by atoms with Crippen LogP contribution in [-0.2, 0) is 0 Å². The Bertz CT molecular complexity index is 540. The Hall–Kier alpha value is -1.82. The maximum absolute atomic E-state index is 5.97. The molecule has 0 radical (unpaired) electrons. The van der Waals surface area contributed by atoms with Crippen molar-refractivity contribution in [3.8, 4) is 11.6 Å². The third kappa shape index (κ3) is 2.70. The molecule has 2 aromatic heterocycles. The van der Waals surface area contributed by atoms with Crippen molar-refractivity contribution >= 4 is 17.5 Å². The molecule has 0 aliphatic carbocycles.